The van der Waals surface area contributed by atoms with Gasteiger partial charge in [0.1, 0.15) is 11.5 Å². The highest BCUT2D eigenvalue weighted by molar-refractivity contribution is 5.97. The van der Waals surface area contributed by atoms with Crippen molar-refractivity contribution in [3.8, 4) is 11.5 Å². The molecule has 0 saturated carbocycles. The smallest absolute Gasteiger partial charge is 0.180 e. The molecule has 2 aromatic heterocycles. The Morgan fingerprint density at radius 2 is 1.79 bits per heavy atom. The minimum atomic E-state index is 0.0846. The molecular weight excluding hydrogens is 348 g/mol. The number of hydrogen-bond donors (Lipinski definition) is 0. The van der Waals surface area contributed by atoms with Crippen molar-refractivity contribution >= 4 is 11.6 Å². The molecule has 0 bridgehead atoms. The van der Waals surface area contributed by atoms with Crippen molar-refractivity contribution in [2.24, 2.45) is 5.92 Å². The van der Waals surface area contributed by atoms with Gasteiger partial charge in [0.15, 0.2) is 11.6 Å². The van der Waals surface area contributed by atoms with Crippen LogP contribution >= 0.6 is 0 Å². The number of aryl methyl sites for hydroxylation is 1. The Morgan fingerprint density at radius 3 is 2.46 bits per heavy atom. The van der Waals surface area contributed by atoms with Crippen LogP contribution in [0.25, 0.3) is 11.5 Å². The van der Waals surface area contributed by atoms with Crippen LogP contribution in [0.4, 0.5) is 5.82 Å². The van der Waals surface area contributed by atoms with Gasteiger partial charge in [-0.05, 0) is 31.4 Å². The van der Waals surface area contributed by atoms with Crippen molar-refractivity contribution in [2.45, 2.75) is 26.2 Å². The monoisotopic (exact) mass is 372 g/mol. The first-order chi connectivity index (χ1) is 13.7. The van der Waals surface area contributed by atoms with Crippen LogP contribution in [-0.2, 0) is 6.42 Å². The van der Waals surface area contributed by atoms with Crippen LogP contribution in [0.3, 0.4) is 0 Å². The van der Waals surface area contributed by atoms with E-state index in [1.54, 1.807) is 6.20 Å². The number of benzene rings is 1. The Morgan fingerprint density at radius 1 is 1.04 bits per heavy atom. The van der Waals surface area contributed by atoms with E-state index in [0.717, 1.165) is 55.1 Å². The molecule has 142 valence electrons. The van der Waals surface area contributed by atoms with E-state index in [4.69, 9.17) is 4.98 Å². The number of piperidine rings is 1. The van der Waals surface area contributed by atoms with Gasteiger partial charge in [-0.25, -0.2) is 9.97 Å². The molecular formula is C23H24N4O. The van der Waals surface area contributed by atoms with Crippen molar-refractivity contribution < 1.29 is 4.79 Å². The summed E-state index contributed by atoms with van der Waals surface area (Å²) in [6, 6.07) is 17.4. The number of carbonyl (C=O) groups excluding carboxylic acids is 1. The number of aromatic nitrogens is 3. The summed E-state index contributed by atoms with van der Waals surface area (Å²) < 4.78 is 0. The quantitative estimate of drug-likeness (QED) is 0.628. The maximum atomic E-state index is 12.7. The zero-order chi connectivity index (χ0) is 19.3. The van der Waals surface area contributed by atoms with Crippen LogP contribution in [0, 0.1) is 5.92 Å². The van der Waals surface area contributed by atoms with Crippen LogP contribution < -0.4 is 4.90 Å². The molecule has 0 atom stereocenters. The summed E-state index contributed by atoms with van der Waals surface area (Å²) >= 11 is 0. The average molecular weight is 372 g/mol. The summed E-state index contributed by atoms with van der Waals surface area (Å²) in [5.41, 5.74) is 2.61. The number of carbonyl (C=O) groups is 1. The molecule has 3 aromatic rings. The van der Waals surface area contributed by atoms with Gasteiger partial charge in [0, 0.05) is 42.5 Å². The molecule has 0 radical (unpaired) electrons. The summed E-state index contributed by atoms with van der Waals surface area (Å²) in [6.07, 6.45) is 4.30. The van der Waals surface area contributed by atoms with Gasteiger partial charge in [0.2, 0.25) is 0 Å². The van der Waals surface area contributed by atoms with Gasteiger partial charge in [-0.2, -0.15) is 0 Å². The molecule has 1 aliphatic rings. The molecule has 5 heteroatoms. The van der Waals surface area contributed by atoms with Gasteiger partial charge in [0.25, 0.3) is 0 Å². The van der Waals surface area contributed by atoms with E-state index >= 15 is 0 Å². The second kappa shape index (κ2) is 8.30. The SMILES string of the molecule is CCc1cc(N2CCC(C(=O)c3ccccc3)CC2)nc(-c2ccccn2)n1. The zero-order valence-electron chi connectivity index (χ0n) is 16.1. The molecule has 4 rings (SSSR count). The molecule has 28 heavy (non-hydrogen) atoms. The fourth-order valence-electron chi connectivity index (χ4n) is 3.64. The third-order valence-electron chi connectivity index (χ3n) is 5.27. The van der Waals surface area contributed by atoms with Gasteiger partial charge in [-0.3, -0.25) is 9.78 Å². The standard InChI is InChI=1S/C23H24N4O/c1-2-19-16-21(26-23(25-19)20-10-6-7-13-24-20)27-14-11-18(12-15-27)22(28)17-8-4-3-5-9-17/h3-10,13,16,18H,2,11-12,14-15H2,1H3. The lowest BCUT2D eigenvalue weighted by Gasteiger charge is -2.32. The molecule has 0 N–H and O–H groups in total. The fraction of sp³-hybridized carbons (Fsp3) is 0.304. The summed E-state index contributed by atoms with van der Waals surface area (Å²) in [4.78, 5) is 28.8. The first kappa shape index (κ1) is 18.3. The first-order valence-corrected chi connectivity index (χ1v) is 9.88. The van der Waals surface area contributed by atoms with Crippen LogP contribution in [0.2, 0.25) is 0 Å². The minimum absolute atomic E-state index is 0.0846. The fourth-order valence-corrected chi connectivity index (χ4v) is 3.64. The van der Waals surface area contributed by atoms with Crippen molar-refractivity contribution in [1.29, 1.82) is 0 Å². The van der Waals surface area contributed by atoms with Crippen LogP contribution in [0.1, 0.15) is 35.8 Å². The maximum absolute atomic E-state index is 12.7. The summed E-state index contributed by atoms with van der Waals surface area (Å²) in [6.45, 7) is 3.75. The van der Waals surface area contributed by atoms with Gasteiger partial charge in [0.05, 0.1) is 0 Å². The summed E-state index contributed by atoms with van der Waals surface area (Å²) in [7, 11) is 0. The average Bonchev–Trinajstić information content (AvgIpc) is 2.79. The molecule has 1 saturated heterocycles. The molecule has 0 amide bonds. The van der Waals surface area contributed by atoms with E-state index in [1.807, 2.05) is 48.5 Å². The van der Waals surface area contributed by atoms with E-state index in [2.05, 4.69) is 27.9 Å². The predicted octanol–water partition coefficient (Wildman–Crippen LogP) is 4.20. The number of pyridine rings is 1. The van der Waals surface area contributed by atoms with Gasteiger partial charge in [-0.1, -0.05) is 43.3 Å². The molecule has 5 nitrogen and oxygen atoms in total. The van der Waals surface area contributed by atoms with Crippen molar-refractivity contribution in [2.75, 3.05) is 18.0 Å². The number of Topliss-reactive ketones (excluding diaryl/α,β-unsaturated/α-hetero) is 1. The van der Waals surface area contributed by atoms with Crippen molar-refractivity contribution in [1.82, 2.24) is 15.0 Å². The second-order valence-electron chi connectivity index (χ2n) is 7.10. The highest BCUT2D eigenvalue weighted by Gasteiger charge is 2.26. The van der Waals surface area contributed by atoms with Crippen molar-refractivity contribution in [3.63, 3.8) is 0 Å². The normalized spacial score (nSPS) is 14.8. The lowest BCUT2D eigenvalue weighted by atomic mass is 9.89. The molecule has 1 fully saturated rings. The van der Waals surface area contributed by atoms with Crippen LogP contribution in [0.15, 0.2) is 60.8 Å². The highest BCUT2D eigenvalue weighted by atomic mass is 16.1. The summed E-state index contributed by atoms with van der Waals surface area (Å²) in [5.74, 6) is 1.93. The first-order valence-electron chi connectivity index (χ1n) is 9.88. The lowest BCUT2D eigenvalue weighted by Crippen LogP contribution is -2.37. The number of ketones is 1. The Labute approximate surface area is 165 Å². The van der Waals surface area contributed by atoms with Gasteiger partial charge >= 0.3 is 0 Å². The zero-order valence-corrected chi connectivity index (χ0v) is 16.1. The van der Waals surface area contributed by atoms with Gasteiger partial charge < -0.3 is 4.90 Å². The molecule has 0 aliphatic carbocycles. The lowest BCUT2D eigenvalue weighted by molar-refractivity contribution is 0.0900. The molecule has 3 heterocycles. The number of anilines is 1. The van der Waals surface area contributed by atoms with Crippen molar-refractivity contribution in [3.05, 3.63) is 72.1 Å². The Kier molecular flexibility index (Phi) is 5.42. The Bertz CT molecular complexity index is 935. The molecule has 0 spiro atoms. The minimum Gasteiger partial charge on any atom is -0.356 e. The van der Waals surface area contributed by atoms with Crippen LogP contribution in [0.5, 0.6) is 0 Å². The third kappa shape index (κ3) is 3.93. The van der Waals surface area contributed by atoms with E-state index in [-0.39, 0.29) is 11.7 Å². The molecule has 1 aromatic carbocycles. The second-order valence-corrected chi connectivity index (χ2v) is 7.10. The Hall–Kier alpha value is -3.08. The number of nitrogens with zero attached hydrogens (tertiary/aromatic N) is 4. The maximum Gasteiger partial charge on any atom is 0.180 e. The van der Waals surface area contributed by atoms with E-state index in [1.165, 1.54) is 0 Å². The largest absolute Gasteiger partial charge is 0.356 e. The van der Waals surface area contributed by atoms with Crippen LogP contribution in [-0.4, -0.2) is 33.8 Å². The number of rotatable bonds is 5. The number of hydrogen-bond acceptors (Lipinski definition) is 5. The van der Waals surface area contributed by atoms with E-state index in [9.17, 15) is 4.79 Å². The third-order valence-corrected chi connectivity index (χ3v) is 5.27. The topological polar surface area (TPSA) is 59.0 Å². The molecule has 1 aliphatic heterocycles. The van der Waals surface area contributed by atoms with Gasteiger partial charge in [-0.15, -0.1) is 0 Å². The predicted molar refractivity (Wildman–Crippen MR) is 110 cm³/mol. The summed E-state index contributed by atoms with van der Waals surface area (Å²) in [5, 5.41) is 0. The Balaban J connectivity index is 1.51. The highest BCUT2D eigenvalue weighted by Crippen LogP contribution is 2.26. The van der Waals surface area contributed by atoms with E-state index in [0.29, 0.717) is 5.82 Å². The molecule has 0 unspecified atom stereocenters. The van der Waals surface area contributed by atoms with E-state index < -0.39 is 0 Å².